The van der Waals surface area contributed by atoms with Crippen LogP contribution in [0.1, 0.15) is 22.6 Å². The molecule has 4 N–H and O–H groups in total. The molecule has 0 spiro atoms. The molecule has 2 aromatic carbocycles. The number of halogens is 1. The first-order valence-corrected chi connectivity index (χ1v) is 8.23. The summed E-state index contributed by atoms with van der Waals surface area (Å²) in [6.45, 7) is 4.37. The summed E-state index contributed by atoms with van der Waals surface area (Å²) in [5.41, 5.74) is 11.9. The zero-order valence-corrected chi connectivity index (χ0v) is 14.8. The first-order valence-electron chi connectivity index (χ1n) is 7.85. The molecule has 0 fully saturated rings. The molecule has 1 aromatic heterocycles. The molecule has 0 amide bonds. The smallest absolute Gasteiger partial charge is 0.141 e. The van der Waals surface area contributed by atoms with Crippen LogP contribution in [0.3, 0.4) is 0 Å². The molecule has 0 bridgehead atoms. The van der Waals surface area contributed by atoms with Gasteiger partial charge in [0, 0.05) is 40.3 Å². The molecule has 0 atom stereocenters. The van der Waals surface area contributed by atoms with Crippen molar-refractivity contribution < 1.29 is 4.52 Å². The van der Waals surface area contributed by atoms with E-state index in [0.717, 1.165) is 33.8 Å². The molecule has 0 radical (unpaired) electrons. The van der Waals surface area contributed by atoms with Gasteiger partial charge in [-0.3, -0.25) is 0 Å². The minimum atomic E-state index is 0.533. The Morgan fingerprint density at radius 1 is 1.24 bits per heavy atom. The molecule has 0 aliphatic carbocycles. The predicted octanol–water partition coefficient (Wildman–Crippen LogP) is 4.80. The zero-order valence-electron chi connectivity index (χ0n) is 14.1. The monoisotopic (exact) mass is 354 g/mol. The molecule has 1 heterocycles. The van der Waals surface area contributed by atoms with Crippen molar-refractivity contribution in [3.63, 3.8) is 0 Å². The highest BCUT2D eigenvalue weighted by atomic mass is 35.5. The van der Waals surface area contributed by atoms with Gasteiger partial charge in [-0.1, -0.05) is 28.9 Å². The van der Waals surface area contributed by atoms with Crippen LogP contribution in [0.2, 0.25) is 5.02 Å². The van der Waals surface area contributed by atoms with E-state index in [1.165, 1.54) is 6.21 Å². The van der Waals surface area contributed by atoms with Crippen LogP contribution in [0.5, 0.6) is 0 Å². The molecule has 6 heteroatoms. The van der Waals surface area contributed by atoms with Gasteiger partial charge in [0.1, 0.15) is 5.76 Å². The van der Waals surface area contributed by atoms with Crippen LogP contribution in [0.15, 0.2) is 40.9 Å². The second-order valence-electron chi connectivity index (χ2n) is 5.85. The van der Waals surface area contributed by atoms with E-state index in [4.69, 9.17) is 27.3 Å². The Labute approximate surface area is 151 Å². The normalized spacial score (nSPS) is 10.7. The van der Waals surface area contributed by atoms with Crippen LogP contribution in [0.4, 0.5) is 11.4 Å². The Balaban J connectivity index is 1.97. The molecule has 5 nitrogen and oxygen atoms in total. The lowest BCUT2D eigenvalue weighted by Crippen LogP contribution is -2.05. The number of nitrogens with one attached hydrogen (secondary N) is 2. The molecule has 3 aromatic rings. The topological polar surface area (TPSA) is 87.9 Å². The summed E-state index contributed by atoms with van der Waals surface area (Å²) in [6.07, 6.45) is 1.26. The number of aromatic nitrogens is 1. The average molecular weight is 355 g/mol. The number of aryl methyl sites for hydroxylation is 2. The molecule has 0 unspecified atom stereocenters. The van der Waals surface area contributed by atoms with Crippen LogP contribution in [0, 0.1) is 19.3 Å². The maximum absolute atomic E-state index is 7.67. The Morgan fingerprint density at radius 3 is 2.56 bits per heavy atom. The van der Waals surface area contributed by atoms with E-state index in [-0.39, 0.29) is 0 Å². The van der Waals surface area contributed by atoms with Crippen molar-refractivity contribution in [2.45, 2.75) is 20.4 Å². The number of nitrogen functional groups attached to an aromatic ring is 1. The number of anilines is 2. The van der Waals surface area contributed by atoms with Gasteiger partial charge < -0.3 is 21.0 Å². The SMILES string of the molecule is Cc1noc(C)c1-c1cc(N)c(C=N)c(NCc2ccc(Cl)cc2)c1. The number of nitrogens with zero attached hydrogens (tertiary/aromatic N) is 1. The molecule has 0 aliphatic heterocycles. The number of benzene rings is 2. The lowest BCUT2D eigenvalue weighted by atomic mass is 9.99. The summed E-state index contributed by atoms with van der Waals surface area (Å²) in [4.78, 5) is 0. The second kappa shape index (κ2) is 6.99. The van der Waals surface area contributed by atoms with Crippen molar-refractivity contribution in [2.24, 2.45) is 0 Å². The molecule has 0 aliphatic rings. The number of nitrogens with two attached hydrogens (primary N) is 1. The Hall–Kier alpha value is -2.79. The van der Waals surface area contributed by atoms with Gasteiger partial charge in [0.15, 0.2) is 0 Å². The molecular formula is C19H19ClN4O. The number of hydrogen-bond acceptors (Lipinski definition) is 5. The molecular weight excluding hydrogens is 336 g/mol. The van der Waals surface area contributed by atoms with E-state index in [1.807, 2.05) is 50.2 Å². The van der Waals surface area contributed by atoms with Crippen LogP contribution in [-0.2, 0) is 6.54 Å². The van der Waals surface area contributed by atoms with E-state index in [9.17, 15) is 0 Å². The van der Waals surface area contributed by atoms with Gasteiger partial charge in [-0.05, 0) is 49.2 Å². The van der Waals surface area contributed by atoms with Gasteiger partial charge in [0.2, 0.25) is 0 Å². The van der Waals surface area contributed by atoms with Gasteiger partial charge in [-0.15, -0.1) is 0 Å². The molecule has 25 heavy (non-hydrogen) atoms. The van der Waals surface area contributed by atoms with Gasteiger partial charge in [0.25, 0.3) is 0 Å². The standard InChI is InChI=1S/C19H19ClN4O/c1-11-19(12(2)25-24-11)14-7-17(22)16(9-21)18(8-14)23-10-13-3-5-15(20)6-4-13/h3-9,21,23H,10,22H2,1-2H3. The van der Waals surface area contributed by atoms with Crippen LogP contribution < -0.4 is 11.1 Å². The third-order valence-electron chi connectivity index (χ3n) is 4.07. The van der Waals surface area contributed by atoms with E-state index in [2.05, 4.69) is 10.5 Å². The van der Waals surface area contributed by atoms with Gasteiger partial charge in [-0.2, -0.15) is 0 Å². The second-order valence-corrected chi connectivity index (χ2v) is 6.29. The summed E-state index contributed by atoms with van der Waals surface area (Å²) in [6, 6.07) is 11.4. The summed E-state index contributed by atoms with van der Waals surface area (Å²) >= 11 is 5.92. The largest absolute Gasteiger partial charge is 0.398 e. The van der Waals surface area contributed by atoms with Gasteiger partial charge in [0.05, 0.1) is 5.69 Å². The van der Waals surface area contributed by atoms with Crippen molar-refractivity contribution in [2.75, 3.05) is 11.1 Å². The fraction of sp³-hybridized carbons (Fsp3) is 0.158. The summed E-state index contributed by atoms with van der Waals surface area (Å²) < 4.78 is 5.26. The number of hydrogen-bond donors (Lipinski definition) is 3. The fourth-order valence-corrected chi connectivity index (χ4v) is 2.95. The minimum Gasteiger partial charge on any atom is -0.398 e. The highest BCUT2D eigenvalue weighted by Gasteiger charge is 2.15. The number of rotatable bonds is 5. The summed E-state index contributed by atoms with van der Waals surface area (Å²) in [5.74, 6) is 0.739. The summed E-state index contributed by atoms with van der Waals surface area (Å²) in [7, 11) is 0. The van der Waals surface area contributed by atoms with Gasteiger partial charge >= 0.3 is 0 Å². The molecule has 0 saturated heterocycles. The van der Waals surface area contributed by atoms with Crippen molar-refractivity contribution in [3.05, 3.63) is 64.0 Å². The van der Waals surface area contributed by atoms with Crippen LogP contribution >= 0.6 is 11.6 Å². The Morgan fingerprint density at radius 2 is 1.96 bits per heavy atom. The molecule has 3 rings (SSSR count). The first kappa shape index (κ1) is 17.0. The third kappa shape index (κ3) is 3.51. The fourth-order valence-electron chi connectivity index (χ4n) is 2.82. The van der Waals surface area contributed by atoms with Gasteiger partial charge in [-0.25, -0.2) is 0 Å². The highest BCUT2D eigenvalue weighted by Crippen LogP contribution is 2.33. The maximum atomic E-state index is 7.67. The molecule has 0 saturated carbocycles. The van der Waals surface area contributed by atoms with E-state index < -0.39 is 0 Å². The quantitative estimate of drug-likeness (QED) is 0.453. The third-order valence-corrected chi connectivity index (χ3v) is 4.33. The van der Waals surface area contributed by atoms with E-state index in [1.54, 1.807) is 0 Å². The van der Waals surface area contributed by atoms with E-state index >= 15 is 0 Å². The van der Waals surface area contributed by atoms with E-state index in [0.29, 0.717) is 22.8 Å². The zero-order chi connectivity index (χ0) is 18.0. The minimum absolute atomic E-state index is 0.533. The lowest BCUT2D eigenvalue weighted by molar-refractivity contribution is 0.393. The Bertz CT molecular complexity index is 896. The summed E-state index contributed by atoms with van der Waals surface area (Å²) in [5, 5.41) is 15.7. The molecule has 128 valence electrons. The van der Waals surface area contributed by atoms with Crippen LogP contribution in [0.25, 0.3) is 11.1 Å². The van der Waals surface area contributed by atoms with Crippen molar-refractivity contribution in [1.29, 1.82) is 5.41 Å². The van der Waals surface area contributed by atoms with Crippen molar-refractivity contribution in [3.8, 4) is 11.1 Å². The average Bonchev–Trinajstić information content (AvgIpc) is 2.92. The first-order chi connectivity index (χ1) is 12.0. The van der Waals surface area contributed by atoms with Crippen molar-refractivity contribution >= 4 is 29.2 Å². The predicted molar refractivity (Wildman–Crippen MR) is 102 cm³/mol. The van der Waals surface area contributed by atoms with Crippen molar-refractivity contribution in [1.82, 2.24) is 5.16 Å². The highest BCUT2D eigenvalue weighted by molar-refractivity contribution is 6.30. The maximum Gasteiger partial charge on any atom is 0.141 e. The Kier molecular flexibility index (Phi) is 4.76. The van der Waals surface area contributed by atoms with Crippen LogP contribution in [-0.4, -0.2) is 11.4 Å². The lowest BCUT2D eigenvalue weighted by Gasteiger charge is -2.14.